The third-order valence-electron chi connectivity index (χ3n) is 5.59. The Bertz CT molecular complexity index is 788. The summed E-state index contributed by atoms with van der Waals surface area (Å²) >= 11 is 0. The zero-order valence-corrected chi connectivity index (χ0v) is 13.7. The van der Waals surface area contributed by atoms with Gasteiger partial charge in [-0.1, -0.05) is 13.8 Å². The fraction of sp³-hybridized carbons (Fsp3) is 0.500. The van der Waals surface area contributed by atoms with Crippen LogP contribution in [0.1, 0.15) is 48.9 Å². The third-order valence-corrected chi connectivity index (χ3v) is 5.59. The molecule has 2 aromatic rings. The number of rotatable bonds is 0. The molecule has 21 heavy (non-hydrogen) atoms. The number of H-pyrrole nitrogens is 1. The summed E-state index contributed by atoms with van der Waals surface area (Å²) in [7, 11) is 0. The molecule has 1 aliphatic rings. The lowest BCUT2D eigenvalue weighted by atomic mass is 9.78. The standard InChI is InChI=1S/C18H24N2O/c1-8-9(2)14-7-15-10(3)11(4)18(21)20-17(15)12(5)16(14)19-13(8)6/h7-9,13,19H,1-6H3,(H,20,21). The van der Waals surface area contributed by atoms with Crippen molar-refractivity contribution in [2.24, 2.45) is 5.92 Å². The van der Waals surface area contributed by atoms with E-state index in [0.717, 1.165) is 22.2 Å². The normalized spacial score (nSPS) is 24.8. The van der Waals surface area contributed by atoms with E-state index in [-0.39, 0.29) is 5.56 Å². The maximum atomic E-state index is 12.1. The highest BCUT2D eigenvalue weighted by atomic mass is 16.1. The topological polar surface area (TPSA) is 44.9 Å². The lowest BCUT2D eigenvalue weighted by Gasteiger charge is -2.37. The number of fused-ring (bicyclic) bond motifs is 2. The summed E-state index contributed by atoms with van der Waals surface area (Å²) in [6.07, 6.45) is 0. The zero-order chi connectivity index (χ0) is 15.5. The van der Waals surface area contributed by atoms with E-state index in [4.69, 9.17) is 0 Å². The third kappa shape index (κ3) is 1.90. The van der Waals surface area contributed by atoms with Crippen molar-refractivity contribution in [2.45, 2.75) is 53.5 Å². The van der Waals surface area contributed by atoms with Crippen LogP contribution in [-0.2, 0) is 0 Å². The van der Waals surface area contributed by atoms with Crippen molar-refractivity contribution < 1.29 is 0 Å². The second-order valence-electron chi connectivity index (χ2n) is 6.67. The van der Waals surface area contributed by atoms with Crippen LogP contribution >= 0.6 is 0 Å². The van der Waals surface area contributed by atoms with E-state index in [1.54, 1.807) is 0 Å². The van der Waals surface area contributed by atoms with E-state index in [0.29, 0.717) is 17.9 Å². The van der Waals surface area contributed by atoms with Crippen LogP contribution in [0.5, 0.6) is 0 Å². The average molecular weight is 284 g/mol. The quantitative estimate of drug-likeness (QED) is 0.768. The number of nitrogens with one attached hydrogen (secondary N) is 2. The molecular formula is C18H24N2O. The fourth-order valence-electron chi connectivity index (χ4n) is 3.51. The van der Waals surface area contributed by atoms with Gasteiger partial charge in [-0.05, 0) is 62.3 Å². The first-order valence-electron chi connectivity index (χ1n) is 7.76. The van der Waals surface area contributed by atoms with Crippen LogP contribution in [0.2, 0.25) is 0 Å². The summed E-state index contributed by atoms with van der Waals surface area (Å²) in [5.41, 5.74) is 6.65. The molecule has 0 fully saturated rings. The van der Waals surface area contributed by atoms with Crippen molar-refractivity contribution in [3.8, 4) is 0 Å². The molecular weight excluding hydrogens is 260 g/mol. The van der Waals surface area contributed by atoms with Crippen LogP contribution in [0.4, 0.5) is 5.69 Å². The first-order valence-corrected chi connectivity index (χ1v) is 7.76. The van der Waals surface area contributed by atoms with Gasteiger partial charge < -0.3 is 10.3 Å². The molecule has 0 spiro atoms. The van der Waals surface area contributed by atoms with Gasteiger partial charge in [0.05, 0.1) is 5.52 Å². The van der Waals surface area contributed by atoms with Crippen molar-refractivity contribution in [3.63, 3.8) is 0 Å². The lowest BCUT2D eigenvalue weighted by molar-refractivity contribution is 0.420. The Morgan fingerprint density at radius 2 is 1.67 bits per heavy atom. The van der Waals surface area contributed by atoms with Crippen molar-refractivity contribution >= 4 is 16.6 Å². The smallest absolute Gasteiger partial charge is 0.251 e. The average Bonchev–Trinajstić information content (AvgIpc) is 2.45. The number of benzene rings is 1. The molecule has 0 saturated carbocycles. The molecule has 0 bridgehead atoms. The molecule has 0 aliphatic carbocycles. The molecule has 3 unspecified atom stereocenters. The van der Waals surface area contributed by atoms with Crippen molar-refractivity contribution in [2.75, 3.05) is 5.32 Å². The van der Waals surface area contributed by atoms with Crippen LogP contribution in [0.25, 0.3) is 10.9 Å². The molecule has 3 heteroatoms. The number of hydrogen-bond acceptors (Lipinski definition) is 2. The van der Waals surface area contributed by atoms with E-state index in [2.05, 4.69) is 44.1 Å². The second kappa shape index (κ2) is 4.62. The molecule has 112 valence electrons. The van der Waals surface area contributed by atoms with E-state index >= 15 is 0 Å². The van der Waals surface area contributed by atoms with Crippen LogP contribution in [0.3, 0.4) is 0 Å². The number of aromatic amines is 1. The Hall–Kier alpha value is -1.77. The van der Waals surface area contributed by atoms with Crippen LogP contribution in [-0.4, -0.2) is 11.0 Å². The SMILES string of the molecule is Cc1c(C)c2cc3c(c(C)c2[nH]c1=O)NC(C)C(C)C3C. The van der Waals surface area contributed by atoms with Crippen LogP contribution in [0.15, 0.2) is 10.9 Å². The van der Waals surface area contributed by atoms with E-state index in [9.17, 15) is 4.79 Å². The van der Waals surface area contributed by atoms with Gasteiger partial charge in [-0.2, -0.15) is 0 Å². The summed E-state index contributed by atoms with van der Waals surface area (Å²) in [6.45, 7) is 12.9. The highest BCUT2D eigenvalue weighted by Gasteiger charge is 2.30. The number of pyridine rings is 1. The van der Waals surface area contributed by atoms with Crippen LogP contribution in [0, 0.1) is 26.7 Å². The minimum Gasteiger partial charge on any atom is -0.382 e. The lowest BCUT2D eigenvalue weighted by Crippen LogP contribution is -2.33. The molecule has 1 aromatic carbocycles. The monoisotopic (exact) mass is 284 g/mol. The number of aromatic nitrogens is 1. The van der Waals surface area contributed by atoms with Crippen molar-refractivity contribution in [1.29, 1.82) is 0 Å². The minimum absolute atomic E-state index is 0.0216. The molecule has 0 saturated heterocycles. The maximum absolute atomic E-state index is 12.1. The first-order chi connectivity index (χ1) is 9.82. The minimum atomic E-state index is 0.0216. The Kier molecular flexibility index (Phi) is 3.12. The summed E-state index contributed by atoms with van der Waals surface area (Å²) in [5, 5.41) is 4.81. The molecule has 2 heterocycles. The second-order valence-corrected chi connectivity index (χ2v) is 6.67. The van der Waals surface area contributed by atoms with Crippen molar-refractivity contribution in [1.82, 2.24) is 4.98 Å². The van der Waals surface area contributed by atoms with Gasteiger partial charge in [-0.15, -0.1) is 0 Å². The Balaban J connectivity index is 2.41. The molecule has 1 aliphatic heterocycles. The number of aryl methyl sites for hydroxylation is 2. The van der Waals surface area contributed by atoms with E-state index < -0.39 is 0 Å². The molecule has 3 atom stereocenters. The van der Waals surface area contributed by atoms with Gasteiger partial charge in [0.25, 0.3) is 5.56 Å². The summed E-state index contributed by atoms with van der Waals surface area (Å²) < 4.78 is 0. The molecule has 0 radical (unpaired) electrons. The van der Waals surface area contributed by atoms with E-state index in [1.165, 1.54) is 16.6 Å². The summed E-state index contributed by atoms with van der Waals surface area (Å²) in [4.78, 5) is 15.1. The summed E-state index contributed by atoms with van der Waals surface area (Å²) in [6, 6.07) is 2.72. The fourth-order valence-corrected chi connectivity index (χ4v) is 3.51. The number of hydrogen-bond donors (Lipinski definition) is 2. The predicted octanol–water partition coefficient (Wildman–Crippen LogP) is 4.01. The molecule has 2 N–H and O–H groups in total. The maximum Gasteiger partial charge on any atom is 0.251 e. The number of anilines is 1. The predicted molar refractivity (Wildman–Crippen MR) is 89.4 cm³/mol. The highest BCUT2D eigenvalue weighted by Crippen LogP contribution is 2.42. The van der Waals surface area contributed by atoms with Gasteiger partial charge in [-0.25, -0.2) is 0 Å². The Morgan fingerprint density at radius 3 is 2.33 bits per heavy atom. The zero-order valence-electron chi connectivity index (χ0n) is 13.7. The molecule has 0 amide bonds. The molecule has 3 rings (SSSR count). The van der Waals surface area contributed by atoms with Crippen molar-refractivity contribution in [3.05, 3.63) is 38.7 Å². The van der Waals surface area contributed by atoms with Gasteiger partial charge in [0.15, 0.2) is 0 Å². The largest absolute Gasteiger partial charge is 0.382 e. The Morgan fingerprint density at radius 1 is 1.00 bits per heavy atom. The summed E-state index contributed by atoms with van der Waals surface area (Å²) in [5.74, 6) is 1.12. The Labute approximate surface area is 125 Å². The van der Waals surface area contributed by atoms with Gasteiger partial charge in [0.1, 0.15) is 0 Å². The van der Waals surface area contributed by atoms with Gasteiger partial charge in [0, 0.05) is 22.7 Å². The van der Waals surface area contributed by atoms with Gasteiger partial charge >= 0.3 is 0 Å². The van der Waals surface area contributed by atoms with Gasteiger partial charge in [-0.3, -0.25) is 4.79 Å². The van der Waals surface area contributed by atoms with Gasteiger partial charge in [0.2, 0.25) is 0 Å². The van der Waals surface area contributed by atoms with E-state index in [1.807, 2.05) is 13.8 Å². The highest BCUT2D eigenvalue weighted by molar-refractivity contribution is 5.91. The molecule has 3 nitrogen and oxygen atoms in total. The van der Waals surface area contributed by atoms with Crippen LogP contribution < -0.4 is 10.9 Å². The molecule has 1 aromatic heterocycles. The first kappa shape index (κ1) is 14.2.